The number of pyridine rings is 1. The summed E-state index contributed by atoms with van der Waals surface area (Å²) in [5.74, 6) is 0. The van der Waals surface area contributed by atoms with E-state index in [1.54, 1.807) is 56.6 Å². The molecule has 0 fully saturated rings. The van der Waals surface area contributed by atoms with Gasteiger partial charge in [0.1, 0.15) is 0 Å². The van der Waals surface area contributed by atoms with Gasteiger partial charge in [0.05, 0.1) is 29.4 Å². The molecule has 2 aromatic carbocycles. The van der Waals surface area contributed by atoms with E-state index in [4.69, 9.17) is 0 Å². The summed E-state index contributed by atoms with van der Waals surface area (Å²) < 4.78 is 70.8. The average Bonchev–Trinajstić information content (AvgIpc) is 3.10. The first-order chi connectivity index (χ1) is 15.8. The van der Waals surface area contributed by atoms with Gasteiger partial charge in [0, 0.05) is 18.8 Å². The number of anilines is 1. The van der Waals surface area contributed by atoms with Crippen molar-refractivity contribution >= 4 is 26.6 Å². The van der Waals surface area contributed by atoms with Crippen LogP contribution in [-0.4, -0.2) is 29.0 Å². The fourth-order valence-corrected chi connectivity index (χ4v) is 4.42. The number of aryl methyl sites for hydroxylation is 2. The first kappa shape index (κ1) is 23.6. The van der Waals surface area contributed by atoms with Crippen LogP contribution in [0.2, 0.25) is 0 Å². The van der Waals surface area contributed by atoms with E-state index in [-0.39, 0.29) is 28.7 Å². The molecule has 4 aromatic rings. The number of benzene rings is 2. The summed E-state index contributed by atoms with van der Waals surface area (Å²) in [4.78, 5) is 12.1. The second-order valence-corrected chi connectivity index (χ2v) is 9.86. The lowest BCUT2D eigenvalue weighted by atomic mass is 10.0. The van der Waals surface area contributed by atoms with Crippen molar-refractivity contribution in [2.75, 3.05) is 11.0 Å². The minimum absolute atomic E-state index is 0.0431. The molecule has 34 heavy (non-hydrogen) atoms. The van der Waals surface area contributed by atoms with Crippen molar-refractivity contribution in [1.29, 1.82) is 0 Å². The van der Waals surface area contributed by atoms with Crippen molar-refractivity contribution in [1.82, 2.24) is 14.3 Å². The van der Waals surface area contributed by atoms with E-state index >= 15 is 0 Å². The van der Waals surface area contributed by atoms with Gasteiger partial charge in [-0.15, -0.1) is 0 Å². The van der Waals surface area contributed by atoms with Gasteiger partial charge in [-0.05, 0) is 41.8 Å². The molecule has 4 rings (SSSR count). The number of fused-ring (bicyclic) bond motifs is 1. The average molecular weight is 491 g/mol. The highest BCUT2D eigenvalue weighted by Crippen LogP contribution is 2.40. The van der Waals surface area contributed by atoms with Gasteiger partial charge >= 0.3 is 6.18 Å². The first-order valence-electron chi connectivity index (χ1n) is 10.1. The fraction of sp³-hybridized carbons (Fsp3) is 0.217. The number of sulfonamides is 1. The molecule has 0 aliphatic carbocycles. The lowest BCUT2D eigenvalue weighted by Gasteiger charge is -2.13. The van der Waals surface area contributed by atoms with Gasteiger partial charge in [0.25, 0.3) is 5.56 Å². The molecule has 2 aromatic heterocycles. The zero-order chi connectivity index (χ0) is 24.8. The maximum atomic E-state index is 14.0. The Hall–Kier alpha value is -3.60. The quantitative estimate of drug-likeness (QED) is 0.456. The van der Waals surface area contributed by atoms with E-state index in [1.807, 2.05) is 0 Å². The maximum Gasteiger partial charge on any atom is 0.435 e. The highest BCUT2D eigenvalue weighted by molar-refractivity contribution is 7.92. The molecule has 11 heteroatoms. The lowest BCUT2D eigenvalue weighted by Crippen LogP contribution is -2.18. The van der Waals surface area contributed by atoms with E-state index in [0.717, 1.165) is 11.8 Å². The number of hydrogen-bond acceptors (Lipinski definition) is 4. The van der Waals surface area contributed by atoms with Crippen LogP contribution in [0.25, 0.3) is 22.0 Å². The Labute approximate surface area is 193 Å². The zero-order valence-electron chi connectivity index (χ0n) is 18.5. The molecule has 0 aliphatic heterocycles. The number of alkyl halides is 3. The smallest absolute Gasteiger partial charge is 0.318 e. The summed E-state index contributed by atoms with van der Waals surface area (Å²) in [7, 11) is -2.35. The summed E-state index contributed by atoms with van der Waals surface area (Å²) in [5, 5.41) is 3.48. The highest BCUT2D eigenvalue weighted by atomic mass is 32.2. The van der Waals surface area contributed by atoms with Gasteiger partial charge in [-0.2, -0.15) is 18.3 Å². The van der Waals surface area contributed by atoms with Crippen molar-refractivity contribution in [3.05, 3.63) is 81.9 Å². The second kappa shape index (κ2) is 8.32. The van der Waals surface area contributed by atoms with Crippen LogP contribution in [0.15, 0.2) is 59.5 Å². The van der Waals surface area contributed by atoms with Crippen LogP contribution >= 0.6 is 0 Å². The Balaban J connectivity index is 2.06. The molecule has 0 aliphatic rings. The van der Waals surface area contributed by atoms with Gasteiger partial charge in [-0.3, -0.25) is 14.2 Å². The molecule has 1 N–H and O–H groups in total. The van der Waals surface area contributed by atoms with Gasteiger partial charge in [-0.1, -0.05) is 30.3 Å². The zero-order valence-corrected chi connectivity index (χ0v) is 19.3. The highest BCUT2D eigenvalue weighted by Gasteiger charge is 2.38. The molecular weight excluding hydrogens is 469 g/mol. The number of rotatable bonds is 5. The predicted molar refractivity (Wildman–Crippen MR) is 124 cm³/mol. The van der Waals surface area contributed by atoms with Crippen molar-refractivity contribution in [3.63, 3.8) is 0 Å². The molecule has 0 radical (unpaired) electrons. The number of aromatic nitrogens is 3. The molecule has 0 saturated carbocycles. The van der Waals surface area contributed by atoms with Gasteiger partial charge < -0.3 is 4.57 Å². The summed E-state index contributed by atoms with van der Waals surface area (Å²) in [5.41, 5.74) is 0.590. The van der Waals surface area contributed by atoms with Crippen LogP contribution in [-0.2, 0) is 29.8 Å². The van der Waals surface area contributed by atoms with E-state index in [2.05, 4.69) is 9.82 Å². The molecule has 7 nitrogen and oxygen atoms in total. The molecular formula is C23H21F3N4O3S. The molecule has 178 valence electrons. The summed E-state index contributed by atoms with van der Waals surface area (Å²) >= 11 is 0. The molecule has 0 amide bonds. The molecule has 2 heterocycles. The van der Waals surface area contributed by atoms with Crippen LogP contribution in [0.4, 0.5) is 18.9 Å². The van der Waals surface area contributed by atoms with Gasteiger partial charge in [0.15, 0.2) is 5.69 Å². The number of halogens is 3. The Morgan fingerprint density at radius 1 is 1.06 bits per heavy atom. The summed E-state index contributed by atoms with van der Waals surface area (Å²) in [6.07, 6.45) is -2.41. The van der Waals surface area contributed by atoms with Crippen molar-refractivity contribution in [2.45, 2.75) is 19.6 Å². The minimum Gasteiger partial charge on any atom is -0.318 e. The minimum atomic E-state index is -4.82. The molecule has 0 unspecified atom stereocenters. The Morgan fingerprint density at radius 2 is 1.74 bits per heavy atom. The predicted octanol–water partition coefficient (Wildman–Crippen LogP) is 4.15. The van der Waals surface area contributed by atoms with E-state index in [1.165, 1.54) is 21.4 Å². The van der Waals surface area contributed by atoms with Crippen molar-refractivity contribution in [2.24, 2.45) is 7.05 Å². The van der Waals surface area contributed by atoms with Crippen molar-refractivity contribution in [3.8, 4) is 11.1 Å². The van der Waals surface area contributed by atoms with Crippen LogP contribution in [0, 0.1) is 6.92 Å². The third-order valence-electron chi connectivity index (χ3n) is 5.29. The van der Waals surface area contributed by atoms with Crippen LogP contribution < -0.4 is 10.3 Å². The molecule has 0 bridgehead atoms. The SMILES string of the molecule is Cc1cc(-c2cc(NS(C)(=O)=O)c3c(C(F)(F)F)nn(Cc4ccccc4)c3c2)cn(C)c1=O. The van der Waals surface area contributed by atoms with Crippen molar-refractivity contribution < 1.29 is 21.6 Å². The molecule has 0 spiro atoms. The molecule has 0 saturated heterocycles. The number of nitrogens with zero attached hydrogens (tertiary/aromatic N) is 3. The number of hydrogen-bond donors (Lipinski definition) is 1. The standard InChI is InChI=1S/C23H21F3N4O3S/c1-14-9-17(13-29(2)22(14)31)16-10-18(28-34(3,32)33)20-19(11-16)30(27-21(20)23(24,25)26)12-15-7-5-4-6-8-15/h4-11,13,28H,12H2,1-3H3. The Morgan fingerprint density at radius 3 is 2.32 bits per heavy atom. The van der Waals surface area contributed by atoms with E-state index < -0.39 is 21.9 Å². The Kier molecular flexibility index (Phi) is 5.76. The third kappa shape index (κ3) is 4.69. The van der Waals surface area contributed by atoms with Gasteiger partial charge in [-0.25, -0.2) is 8.42 Å². The maximum absolute atomic E-state index is 14.0. The topological polar surface area (TPSA) is 86.0 Å². The van der Waals surface area contributed by atoms with Gasteiger partial charge in [0.2, 0.25) is 10.0 Å². The largest absolute Gasteiger partial charge is 0.435 e. The van der Waals surface area contributed by atoms with E-state index in [9.17, 15) is 26.4 Å². The van der Waals surface area contributed by atoms with Crippen LogP contribution in [0.1, 0.15) is 16.8 Å². The van der Waals surface area contributed by atoms with Crippen LogP contribution in [0.5, 0.6) is 0 Å². The normalized spacial score (nSPS) is 12.3. The second-order valence-electron chi connectivity index (χ2n) is 8.11. The van der Waals surface area contributed by atoms with Crippen LogP contribution in [0.3, 0.4) is 0 Å². The van der Waals surface area contributed by atoms with E-state index in [0.29, 0.717) is 16.7 Å². The summed E-state index contributed by atoms with van der Waals surface area (Å²) in [6, 6.07) is 13.3. The fourth-order valence-electron chi connectivity index (χ4n) is 3.86. The lowest BCUT2D eigenvalue weighted by molar-refractivity contribution is -0.140. The monoisotopic (exact) mass is 490 g/mol. The first-order valence-corrected chi connectivity index (χ1v) is 12.0. The Bertz CT molecular complexity index is 1530. The molecule has 0 atom stereocenters. The number of nitrogens with one attached hydrogen (secondary N) is 1. The summed E-state index contributed by atoms with van der Waals surface area (Å²) in [6.45, 7) is 1.67. The third-order valence-corrected chi connectivity index (χ3v) is 5.88.